The third-order valence-corrected chi connectivity index (χ3v) is 2.78. The molecule has 4 nitrogen and oxygen atoms in total. The molecule has 18 heavy (non-hydrogen) atoms. The summed E-state index contributed by atoms with van der Waals surface area (Å²) in [5, 5.41) is 3.25. The monoisotopic (exact) mass is 252 g/mol. The van der Waals surface area contributed by atoms with E-state index in [1.807, 2.05) is 32.6 Å². The van der Waals surface area contributed by atoms with Gasteiger partial charge in [-0.2, -0.15) is 0 Å². The molecule has 0 aromatic rings. The zero-order valence-corrected chi connectivity index (χ0v) is 11.9. The Kier molecular flexibility index (Phi) is 5.49. The number of rotatable bonds is 3. The van der Waals surface area contributed by atoms with Crippen LogP contribution in [0.2, 0.25) is 0 Å². The van der Waals surface area contributed by atoms with Crippen molar-refractivity contribution in [3.8, 4) is 11.8 Å². The highest BCUT2D eigenvalue weighted by Gasteiger charge is 2.31. The maximum atomic E-state index is 12.0. The molecule has 1 aliphatic heterocycles. The third-order valence-electron chi connectivity index (χ3n) is 2.78. The van der Waals surface area contributed by atoms with Crippen LogP contribution in [0.5, 0.6) is 0 Å². The van der Waals surface area contributed by atoms with Gasteiger partial charge in [0.2, 0.25) is 0 Å². The Bertz CT molecular complexity index is 336. The summed E-state index contributed by atoms with van der Waals surface area (Å²) in [7, 11) is 0. The van der Waals surface area contributed by atoms with Gasteiger partial charge in [-0.25, -0.2) is 4.79 Å². The van der Waals surface area contributed by atoms with E-state index in [0.717, 1.165) is 25.9 Å². The van der Waals surface area contributed by atoms with Crippen molar-refractivity contribution in [3.63, 3.8) is 0 Å². The van der Waals surface area contributed by atoms with Crippen molar-refractivity contribution in [2.24, 2.45) is 0 Å². The summed E-state index contributed by atoms with van der Waals surface area (Å²) < 4.78 is 5.41. The average molecular weight is 252 g/mol. The molecule has 1 atom stereocenters. The van der Waals surface area contributed by atoms with Crippen molar-refractivity contribution in [1.82, 2.24) is 10.2 Å². The van der Waals surface area contributed by atoms with E-state index in [-0.39, 0.29) is 12.1 Å². The first-order valence-electron chi connectivity index (χ1n) is 6.54. The highest BCUT2D eigenvalue weighted by atomic mass is 16.6. The van der Waals surface area contributed by atoms with Gasteiger partial charge in [0.25, 0.3) is 0 Å². The lowest BCUT2D eigenvalue weighted by atomic mass is 10.2. The Morgan fingerprint density at radius 2 is 2.22 bits per heavy atom. The SMILES string of the molecule is CC#CCNCC1CCCN1C(=O)OC(C)(C)C. The maximum absolute atomic E-state index is 12.0. The highest BCUT2D eigenvalue weighted by molar-refractivity contribution is 5.69. The summed E-state index contributed by atoms with van der Waals surface area (Å²) in [4.78, 5) is 13.8. The van der Waals surface area contributed by atoms with Crippen molar-refractivity contribution >= 4 is 6.09 Å². The van der Waals surface area contributed by atoms with Crippen LogP contribution in [0.4, 0.5) is 4.79 Å². The fraction of sp³-hybridized carbons (Fsp3) is 0.786. The number of hydrogen-bond acceptors (Lipinski definition) is 3. The van der Waals surface area contributed by atoms with E-state index in [2.05, 4.69) is 17.2 Å². The topological polar surface area (TPSA) is 41.6 Å². The fourth-order valence-electron chi connectivity index (χ4n) is 2.00. The van der Waals surface area contributed by atoms with E-state index in [9.17, 15) is 4.79 Å². The number of hydrogen-bond donors (Lipinski definition) is 1. The van der Waals surface area contributed by atoms with Crippen LogP contribution in [0.15, 0.2) is 0 Å². The maximum Gasteiger partial charge on any atom is 0.410 e. The molecule has 1 amide bonds. The highest BCUT2D eigenvalue weighted by Crippen LogP contribution is 2.20. The van der Waals surface area contributed by atoms with Gasteiger partial charge in [-0.15, -0.1) is 5.92 Å². The normalized spacial score (nSPS) is 19.3. The largest absolute Gasteiger partial charge is 0.444 e. The van der Waals surface area contributed by atoms with Crippen LogP contribution < -0.4 is 5.32 Å². The molecule has 1 saturated heterocycles. The number of nitrogens with one attached hydrogen (secondary N) is 1. The molecule has 1 aliphatic rings. The number of carbonyl (C=O) groups is 1. The molecule has 1 rings (SSSR count). The molecular weight excluding hydrogens is 228 g/mol. The molecule has 1 fully saturated rings. The van der Waals surface area contributed by atoms with Crippen LogP contribution in [0.3, 0.4) is 0 Å². The molecule has 1 heterocycles. The van der Waals surface area contributed by atoms with E-state index in [1.165, 1.54) is 0 Å². The van der Waals surface area contributed by atoms with Gasteiger partial charge in [0.05, 0.1) is 6.54 Å². The minimum Gasteiger partial charge on any atom is -0.444 e. The first-order valence-corrected chi connectivity index (χ1v) is 6.54. The molecule has 0 radical (unpaired) electrons. The Labute approximate surface area is 110 Å². The lowest BCUT2D eigenvalue weighted by Crippen LogP contribution is -2.44. The molecule has 0 spiro atoms. The molecular formula is C14H24N2O2. The molecule has 1 N–H and O–H groups in total. The Balaban J connectivity index is 2.43. The summed E-state index contributed by atoms with van der Waals surface area (Å²) >= 11 is 0. The van der Waals surface area contributed by atoms with E-state index in [4.69, 9.17) is 4.74 Å². The predicted molar refractivity (Wildman–Crippen MR) is 72.3 cm³/mol. The number of nitrogens with zero attached hydrogens (tertiary/aromatic N) is 1. The van der Waals surface area contributed by atoms with Gasteiger partial charge in [-0.1, -0.05) is 5.92 Å². The van der Waals surface area contributed by atoms with Crippen LogP contribution in [0, 0.1) is 11.8 Å². The van der Waals surface area contributed by atoms with Crippen LogP contribution in [0.1, 0.15) is 40.5 Å². The zero-order chi connectivity index (χ0) is 13.6. The smallest absolute Gasteiger partial charge is 0.410 e. The van der Waals surface area contributed by atoms with Crippen molar-refractivity contribution in [2.45, 2.75) is 52.2 Å². The van der Waals surface area contributed by atoms with Gasteiger partial charge in [-0.05, 0) is 40.5 Å². The van der Waals surface area contributed by atoms with Crippen molar-refractivity contribution in [2.75, 3.05) is 19.6 Å². The predicted octanol–water partition coefficient (Wildman–Crippen LogP) is 2.00. The van der Waals surface area contributed by atoms with Gasteiger partial charge in [0.15, 0.2) is 0 Å². The van der Waals surface area contributed by atoms with Gasteiger partial charge in [-0.3, -0.25) is 0 Å². The van der Waals surface area contributed by atoms with Crippen LogP contribution in [-0.2, 0) is 4.74 Å². The van der Waals surface area contributed by atoms with Crippen molar-refractivity contribution in [1.29, 1.82) is 0 Å². The molecule has 0 saturated carbocycles. The standard InChI is InChI=1S/C14H24N2O2/c1-5-6-9-15-11-12-8-7-10-16(12)13(17)18-14(2,3)4/h12,15H,7-11H2,1-4H3. The summed E-state index contributed by atoms with van der Waals surface area (Å²) in [6.45, 7) is 9.76. The summed E-state index contributed by atoms with van der Waals surface area (Å²) in [5.74, 6) is 5.80. The first kappa shape index (κ1) is 14.8. The lowest BCUT2D eigenvalue weighted by molar-refractivity contribution is 0.0227. The van der Waals surface area contributed by atoms with Crippen molar-refractivity contribution in [3.05, 3.63) is 0 Å². The summed E-state index contributed by atoms with van der Waals surface area (Å²) in [6, 6.07) is 0.235. The zero-order valence-electron chi connectivity index (χ0n) is 11.9. The quantitative estimate of drug-likeness (QED) is 0.617. The molecule has 0 aliphatic carbocycles. The van der Waals surface area contributed by atoms with Crippen LogP contribution in [0.25, 0.3) is 0 Å². The first-order chi connectivity index (χ1) is 8.44. The summed E-state index contributed by atoms with van der Waals surface area (Å²) in [6.07, 6.45) is 1.88. The van der Waals surface area contributed by atoms with E-state index >= 15 is 0 Å². The third kappa shape index (κ3) is 4.97. The fourth-order valence-corrected chi connectivity index (χ4v) is 2.00. The minimum atomic E-state index is -0.425. The number of likely N-dealkylation sites (tertiary alicyclic amines) is 1. The molecule has 1 unspecified atom stereocenters. The molecule has 0 bridgehead atoms. The van der Waals surface area contributed by atoms with Gasteiger partial charge >= 0.3 is 6.09 Å². The Hall–Kier alpha value is -1.21. The molecule has 102 valence electrons. The average Bonchev–Trinajstić information content (AvgIpc) is 2.70. The summed E-state index contributed by atoms with van der Waals surface area (Å²) in [5.41, 5.74) is -0.425. The minimum absolute atomic E-state index is 0.201. The second-order valence-corrected chi connectivity index (χ2v) is 5.53. The molecule has 4 heteroatoms. The van der Waals surface area contributed by atoms with Crippen LogP contribution in [-0.4, -0.2) is 42.3 Å². The number of carbonyl (C=O) groups excluding carboxylic acids is 1. The van der Waals surface area contributed by atoms with Crippen molar-refractivity contribution < 1.29 is 9.53 Å². The molecule has 0 aromatic heterocycles. The van der Waals surface area contributed by atoms with E-state index < -0.39 is 5.60 Å². The Morgan fingerprint density at radius 1 is 1.50 bits per heavy atom. The Morgan fingerprint density at radius 3 is 2.83 bits per heavy atom. The van der Waals surface area contributed by atoms with E-state index in [1.54, 1.807) is 0 Å². The van der Waals surface area contributed by atoms with Gasteiger partial charge in [0, 0.05) is 19.1 Å². The second-order valence-electron chi connectivity index (χ2n) is 5.53. The number of ether oxygens (including phenoxy) is 1. The number of amides is 1. The lowest BCUT2D eigenvalue weighted by Gasteiger charge is -2.28. The molecule has 0 aromatic carbocycles. The van der Waals surface area contributed by atoms with Crippen LogP contribution >= 0.6 is 0 Å². The van der Waals surface area contributed by atoms with E-state index in [0.29, 0.717) is 6.54 Å². The van der Waals surface area contributed by atoms with Gasteiger partial charge in [0.1, 0.15) is 5.60 Å². The van der Waals surface area contributed by atoms with Gasteiger partial charge < -0.3 is 15.0 Å². The second kappa shape index (κ2) is 6.65.